The lowest BCUT2D eigenvalue weighted by Crippen LogP contribution is -2.39. The fraction of sp³-hybridized carbons (Fsp3) is 0.444. The van der Waals surface area contributed by atoms with Crippen molar-refractivity contribution < 1.29 is 9.13 Å². The zero-order valence-electron chi connectivity index (χ0n) is 14.5. The largest absolute Gasteiger partial charge is 0.379 e. The Kier molecular flexibility index (Phi) is 6.14. The average Bonchev–Trinajstić information content (AvgIpc) is 2.62. The van der Waals surface area contributed by atoms with E-state index in [9.17, 15) is 4.39 Å². The number of hydrogen-bond donors (Lipinski definition) is 2. The van der Waals surface area contributed by atoms with Crippen LogP contribution < -0.4 is 10.6 Å². The Bertz CT molecular complexity index is 691. The van der Waals surface area contributed by atoms with Crippen LogP contribution in [0.2, 0.25) is 0 Å². The highest BCUT2D eigenvalue weighted by atomic mass is 19.1. The molecule has 2 N–H and O–H groups in total. The first-order chi connectivity index (χ1) is 12.2. The van der Waals surface area contributed by atoms with Gasteiger partial charge < -0.3 is 15.4 Å². The predicted octanol–water partition coefficient (Wildman–Crippen LogP) is 2.28. The number of ether oxygens (including phenoxy) is 1. The molecular weight excluding hydrogens is 321 g/mol. The van der Waals surface area contributed by atoms with Crippen molar-refractivity contribution in [2.75, 3.05) is 50.0 Å². The zero-order valence-corrected chi connectivity index (χ0v) is 14.5. The summed E-state index contributed by atoms with van der Waals surface area (Å²) in [5.41, 5.74) is 1.47. The molecule has 134 valence electrons. The molecule has 0 radical (unpaired) electrons. The quantitative estimate of drug-likeness (QED) is 0.803. The van der Waals surface area contributed by atoms with Gasteiger partial charge in [0.15, 0.2) is 0 Å². The van der Waals surface area contributed by atoms with E-state index >= 15 is 0 Å². The smallest absolute Gasteiger partial charge is 0.224 e. The third kappa shape index (κ3) is 5.37. The molecule has 25 heavy (non-hydrogen) atoms. The first-order valence-electron chi connectivity index (χ1n) is 8.57. The minimum Gasteiger partial charge on any atom is -0.379 e. The van der Waals surface area contributed by atoms with Gasteiger partial charge >= 0.3 is 0 Å². The van der Waals surface area contributed by atoms with E-state index in [1.54, 1.807) is 12.1 Å². The van der Waals surface area contributed by atoms with Crippen molar-refractivity contribution in [3.05, 3.63) is 47.4 Å². The third-order valence-corrected chi connectivity index (χ3v) is 4.09. The lowest BCUT2D eigenvalue weighted by molar-refractivity contribution is 0.0398. The number of aromatic nitrogens is 2. The first-order valence-corrected chi connectivity index (χ1v) is 8.57. The molecule has 7 heteroatoms. The van der Waals surface area contributed by atoms with Crippen LogP contribution in [0.25, 0.3) is 0 Å². The highest BCUT2D eigenvalue weighted by molar-refractivity contribution is 5.42. The molecule has 1 saturated heterocycles. The van der Waals surface area contributed by atoms with E-state index in [2.05, 4.69) is 25.5 Å². The Balaban J connectivity index is 1.53. The van der Waals surface area contributed by atoms with E-state index in [-0.39, 0.29) is 5.82 Å². The third-order valence-electron chi connectivity index (χ3n) is 4.09. The van der Waals surface area contributed by atoms with Crippen LogP contribution >= 0.6 is 0 Å². The summed E-state index contributed by atoms with van der Waals surface area (Å²) >= 11 is 0. The van der Waals surface area contributed by atoms with Crippen molar-refractivity contribution >= 4 is 11.8 Å². The fourth-order valence-corrected chi connectivity index (χ4v) is 2.72. The highest BCUT2D eigenvalue weighted by Gasteiger charge is 2.10. The molecule has 1 aliphatic rings. The van der Waals surface area contributed by atoms with Gasteiger partial charge in [0, 0.05) is 50.0 Å². The Labute approximate surface area is 147 Å². The number of hydrogen-bond acceptors (Lipinski definition) is 6. The molecule has 0 amide bonds. The van der Waals surface area contributed by atoms with Crippen molar-refractivity contribution in [2.45, 2.75) is 13.5 Å². The fourth-order valence-electron chi connectivity index (χ4n) is 2.72. The standard InChI is InChI=1S/C18H24FN5O/c1-14-12-17(21-13-15-4-2-3-5-16(15)19)23-18(22-14)20-6-7-24-8-10-25-11-9-24/h2-5,12H,6-11,13H2,1H3,(H2,20,21,22,23). The summed E-state index contributed by atoms with van der Waals surface area (Å²) in [5.74, 6) is 1.05. The topological polar surface area (TPSA) is 62.3 Å². The van der Waals surface area contributed by atoms with Gasteiger partial charge in [-0.1, -0.05) is 18.2 Å². The monoisotopic (exact) mass is 345 g/mol. The molecule has 6 nitrogen and oxygen atoms in total. The molecule has 0 aliphatic carbocycles. The molecule has 0 spiro atoms. The minimum atomic E-state index is -0.218. The van der Waals surface area contributed by atoms with E-state index in [0.717, 1.165) is 45.1 Å². The number of nitrogens with one attached hydrogen (secondary N) is 2. The molecule has 0 saturated carbocycles. The number of halogens is 1. The molecule has 2 heterocycles. The van der Waals surface area contributed by atoms with Crippen LogP contribution in [0.3, 0.4) is 0 Å². The molecule has 3 rings (SSSR count). The molecule has 0 atom stereocenters. The van der Waals surface area contributed by atoms with Crippen LogP contribution in [0.1, 0.15) is 11.3 Å². The molecule has 2 aromatic rings. The summed E-state index contributed by atoms with van der Waals surface area (Å²) in [6.45, 7) is 7.53. The minimum absolute atomic E-state index is 0.218. The van der Waals surface area contributed by atoms with Crippen molar-refractivity contribution in [1.82, 2.24) is 14.9 Å². The maximum atomic E-state index is 13.7. The summed E-state index contributed by atoms with van der Waals surface area (Å²) in [6, 6.07) is 8.58. The summed E-state index contributed by atoms with van der Waals surface area (Å²) in [6.07, 6.45) is 0. The number of rotatable bonds is 7. The van der Waals surface area contributed by atoms with E-state index in [0.29, 0.717) is 23.9 Å². The number of nitrogens with zero attached hydrogens (tertiary/aromatic N) is 3. The van der Waals surface area contributed by atoms with Gasteiger partial charge in [-0.15, -0.1) is 0 Å². The zero-order chi connectivity index (χ0) is 17.5. The highest BCUT2D eigenvalue weighted by Crippen LogP contribution is 2.13. The number of benzene rings is 1. The number of anilines is 2. The van der Waals surface area contributed by atoms with Gasteiger partial charge in [0.25, 0.3) is 0 Å². The Morgan fingerprint density at radius 3 is 2.76 bits per heavy atom. The summed E-state index contributed by atoms with van der Waals surface area (Å²) in [7, 11) is 0. The lowest BCUT2D eigenvalue weighted by Gasteiger charge is -2.26. The van der Waals surface area contributed by atoms with Crippen LogP contribution in [0.5, 0.6) is 0 Å². The Morgan fingerprint density at radius 2 is 1.96 bits per heavy atom. The molecule has 1 aromatic heterocycles. The molecule has 0 bridgehead atoms. The Morgan fingerprint density at radius 1 is 1.16 bits per heavy atom. The van der Waals surface area contributed by atoms with Gasteiger partial charge in [-0.25, -0.2) is 9.37 Å². The maximum Gasteiger partial charge on any atom is 0.224 e. The summed E-state index contributed by atoms with van der Waals surface area (Å²) in [4.78, 5) is 11.2. The van der Waals surface area contributed by atoms with Gasteiger partial charge in [-0.3, -0.25) is 4.90 Å². The lowest BCUT2D eigenvalue weighted by atomic mass is 10.2. The van der Waals surface area contributed by atoms with Crippen molar-refractivity contribution in [3.8, 4) is 0 Å². The Hall–Kier alpha value is -2.25. The summed E-state index contributed by atoms with van der Waals surface area (Å²) in [5, 5.41) is 6.43. The summed E-state index contributed by atoms with van der Waals surface area (Å²) < 4.78 is 19.0. The molecular formula is C18H24FN5O. The number of aryl methyl sites for hydroxylation is 1. The molecule has 1 aliphatic heterocycles. The van der Waals surface area contributed by atoms with Crippen LogP contribution in [-0.4, -0.2) is 54.3 Å². The second-order valence-electron chi connectivity index (χ2n) is 6.04. The van der Waals surface area contributed by atoms with Crippen molar-refractivity contribution in [1.29, 1.82) is 0 Å². The van der Waals surface area contributed by atoms with E-state index in [4.69, 9.17) is 4.74 Å². The van der Waals surface area contributed by atoms with Crippen LogP contribution in [-0.2, 0) is 11.3 Å². The average molecular weight is 345 g/mol. The second kappa shape index (κ2) is 8.73. The molecule has 1 fully saturated rings. The molecule has 1 aromatic carbocycles. The van der Waals surface area contributed by atoms with Gasteiger partial charge in [-0.05, 0) is 13.0 Å². The van der Waals surface area contributed by atoms with E-state index in [1.807, 2.05) is 19.1 Å². The van der Waals surface area contributed by atoms with Crippen molar-refractivity contribution in [3.63, 3.8) is 0 Å². The van der Waals surface area contributed by atoms with E-state index in [1.165, 1.54) is 6.07 Å². The van der Waals surface area contributed by atoms with Crippen LogP contribution in [0, 0.1) is 12.7 Å². The van der Waals surface area contributed by atoms with Crippen LogP contribution in [0.4, 0.5) is 16.2 Å². The SMILES string of the molecule is Cc1cc(NCc2ccccc2F)nc(NCCN2CCOCC2)n1. The van der Waals surface area contributed by atoms with Crippen molar-refractivity contribution in [2.24, 2.45) is 0 Å². The normalized spacial score (nSPS) is 15.1. The van der Waals surface area contributed by atoms with Crippen LogP contribution in [0.15, 0.2) is 30.3 Å². The van der Waals surface area contributed by atoms with Gasteiger partial charge in [0.05, 0.1) is 13.2 Å². The maximum absolute atomic E-state index is 13.7. The van der Waals surface area contributed by atoms with E-state index < -0.39 is 0 Å². The molecule has 0 unspecified atom stereocenters. The number of morpholine rings is 1. The first kappa shape index (κ1) is 17.6. The van der Waals surface area contributed by atoms with Gasteiger partial charge in [0.2, 0.25) is 5.95 Å². The van der Waals surface area contributed by atoms with Gasteiger partial charge in [0.1, 0.15) is 11.6 Å². The van der Waals surface area contributed by atoms with Gasteiger partial charge in [-0.2, -0.15) is 4.98 Å². The predicted molar refractivity (Wildman–Crippen MR) is 96.2 cm³/mol. The second-order valence-corrected chi connectivity index (χ2v) is 6.04.